The van der Waals surface area contributed by atoms with Gasteiger partial charge >= 0.3 is 5.97 Å². The first kappa shape index (κ1) is 39.3. The Morgan fingerprint density at radius 2 is 1.87 bits per heavy atom. The lowest BCUT2D eigenvalue weighted by Crippen LogP contribution is -2.43. The fourth-order valence-corrected chi connectivity index (χ4v) is 6.60. The minimum absolute atomic E-state index is 0.0277. The third-order valence-corrected chi connectivity index (χ3v) is 9.89. The van der Waals surface area contributed by atoms with Crippen LogP contribution in [0.5, 0.6) is 0 Å². The second-order valence-corrected chi connectivity index (χ2v) is 15.8. The number of aromatic nitrogens is 6. The number of halogens is 1. The van der Waals surface area contributed by atoms with Crippen LogP contribution >= 0.6 is 11.6 Å². The van der Waals surface area contributed by atoms with Crippen molar-refractivity contribution in [2.75, 3.05) is 37.0 Å². The Morgan fingerprint density at radius 3 is 2.56 bits per heavy atom. The molecule has 282 valence electrons. The SMILES string of the molecule is CC(C)[C@H](OC(=O)C(C)(C)C)n1nnnc1COC[C@@H](C)NC1CCC(Nc2cc(-c3cccc(NCC4(C#N)CCOCC4)n3)c(Cl)cn2)CC1. The van der Waals surface area contributed by atoms with Gasteiger partial charge in [0.2, 0.25) is 6.23 Å². The smallest absolute Gasteiger partial charge is 0.313 e. The van der Waals surface area contributed by atoms with Crippen molar-refractivity contribution in [1.29, 1.82) is 5.26 Å². The highest BCUT2D eigenvalue weighted by molar-refractivity contribution is 6.33. The van der Waals surface area contributed by atoms with Crippen molar-refractivity contribution >= 4 is 29.2 Å². The summed E-state index contributed by atoms with van der Waals surface area (Å²) in [7, 11) is 0. The zero-order chi connectivity index (χ0) is 37.3. The van der Waals surface area contributed by atoms with E-state index in [1.54, 1.807) is 10.9 Å². The summed E-state index contributed by atoms with van der Waals surface area (Å²) < 4.78 is 18.8. The van der Waals surface area contributed by atoms with E-state index in [2.05, 4.69) is 49.5 Å². The van der Waals surface area contributed by atoms with Gasteiger partial charge in [0.25, 0.3) is 0 Å². The first-order valence-corrected chi connectivity index (χ1v) is 18.7. The number of rotatable bonds is 15. The van der Waals surface area contributed by atoms with Crippen LogP contribution in [0.15, 0.2) is 30.5 Å². The molecule has 0 aromatic carbocycles. The fraction of sp³-hybridized carbons (Fsp3) is 0.649. The normalized spacial score (nSPS) is 20.1. The molecule has 1 saturated carbocycles. The Morgan fingerprint density at radius 1 is 1.13 bits per heavy atom. The number of tetrazole rings is 1. The molecular formula is C37H53ClN10O4. The van der Waals surface area contributed by atoms with E-state index in [0.717, 1.165) is 42.8 Å². The second-order valence-electron chi connectivity index (χ2n) is 15.4. The average Bonchev–Trinajstić information content (AvgIpc) is 3.59. The fourth-order valence-electron chi connectivity index (χ4n) is 6.40. The van der Waals surface area contributed by atoms with Gasteiger partial charge in [-0.3, -0.25) is 4.79 Å². The van der Waals surface area contributed by atoms with Crippen LogP contribution in [0, 0.1) is 28.1 Å². The van der Waals surface area contributed by atoms with Crippen molar-refractivity contribution < 1.29 is 19.0 Å². The van der Waals surface area contributed by atoms with Gasteiger partial charge in [0.1, 0.15) is 18.2 Å². The molecule has 0 amide bonds. The quantitative estimate of drug-likeness (QED) is 0.151. The topological polar surface area (TPSA) is 174 Å². The van der Waals surface area contributed by atoms with Crippen LogP contribution in [0.1, 0.15) is 92.1 Å². The Balaban J connectivity index is 1.07. The molecule has 1 aliphatic carbocycles. The number of hydrogen-bond donors (Lipinski definition) is 3. The van der Waals surface area contributed by atoms with Gasteiger partial charge < -0.3 is 30.2 Å². The second kappa shape index (κ2) is 17.7. The zero-order valence-corrected chi connectivity index (χ0v) is 31.9. The number of esters is 1. The largest absolute Gasteiger partial charge is 0.439 e. The van der Waals surface area contributed by atoms with Gasteiger partial charge in [-0.05, 0) is 94.8 Å². The lowest BCUT2D eigenvalue weighted by Gasteiger charge is -2.32. The van der Waals surface area contributed by atoms with Crippen LogP contribution < -0.4 is 16.0 Å². The van der Waals surface area contributed by atoms with Gasteiger partial charge in [0.05, 0.1) is 34.2 Å². The monoisotopic (exact) mass is 736 g/mol. The average molecular weight is 737 g/mol. The van der Waals surface area contributed by atoms with Crippen LogP contribution in [0.4, 0.5) is 11.6 Å². The summed E-state index contributed by atoms with van der Waals surface area (Å²) in [6, 6.07) is 11.0. The number of nitriles is 1. The Bertz CT molecular complexity index is 1660. The molecule has 2 fully saturated rings. The van der Waals surface area contributed by atoms with E-state index in [0.29, 0.717) is 61.9 Å². The number of ether oxygens (including phenoxy) is 3. The van der Waals surface area contributed by atoms with Crippen LogP contribution in [-0.4, -0.2) is 80.6 Å². The molecule has 3 N–H and O–H groups in total. The van der Waals surface area contributed by atoms with E-state index in [1.165, 1.54) is 0 Å². The highest BCUT2D eigenvalue weighted by atomic mass is 35.5. The highest BCUT2D eigenvalue weighted by Crippen LogP contribution is 2.32. The van der Waals surface area contributed by atoms with E-state index in [-0.39, 0.29) is 30.6 Å². The van der Waals surface area contributed by atoms with E-state index in [4.69, 9.17) is 30.8 Å². The molecule has 2 aliphatic rings. The molecule has 0 spiro atoms. The van der Waals surface area contributed by atoms with E-state index >= 15 is 0 Å². The third kappa shape index (κ3) is 10.6. The molecular weight excluding hydrogens is 684 g/mol. The van der Waals surface area contributed by atoms with E-state index in [9.17, 15) is 10.1 Å². The van der Waals surface area contributed by atoms with Crippen molar-refractivity contribution in [2.24, 2.45) is 16.7 Å². The Hall–Kier alpha value is -3.90. The van der Waals surface area contributed by atoms with E-state index in [1.807, 2.05) is 58.9 Å². The van der Waals surface area contributed by atoms with Crippen LogP contribution in [0.2, 0.25) is 5.02 Å². The lowest BCUT2D eigenvalue weighted by molar-refractivity contribution is -0.168. The van der Waals surface area contributed by atoms with Gasteiger partial charge in [-0.1, -0.05) is 31.5 Å². The molecule has 1 aliphatic heterocycles. The predicted octanol–water partition coefficient (Wildman–Crippen LogP) is 6.18. The lowest BCUT2D eigenvalue weighted by atomic mass is 9.82. The van der Waals surface area contributed by atoms with Crippen molar-refractivity contribution in [3.63, 3.8) is 0 Å². The predicted molar refractivity (Wildman–Crippen MR) is 198 cm³/mol. The maximum atomic E-state index is 12.6. The molecule has 2 atom stereocenters. The minimum Gasteiger partial charge on any atom is -0.439 e. The van der Waals surface area contributed by atoms with Crippen molar-refractivity contribution in [3.05, 3.63) is 41.3 Å². The summed E-state index contributed by atoms with van der Waals surface area (Å²) in [6.45, 7) is 13.9. The van der Waals surface area contributed by atoms with Gasteiger partial charge in [-0.2, -0.15) is 9.94 Å². The van der Waals surface area contributed by atoms with Gasteiger partial charge in [0.15, 0.2) is 5.82 Å². The number of hydrogen-bond acceptors (Lipinski definition) is 13. The first-order chi connectivity index (χ1) is 24.9. The first-order valence-electron chi connectivity index (χ1n) is 18.3. The van der Waals surface area contributed by atoms with Crippen LogP contribution in [-0.2, 0) is 25.6 Å². The van der Waals surface area contributed by atoms with Crippen LogP contribution in [0.3, 0.4) is 0 Å². The molecule has 5 rings (SSSR count). The number of carbonyl (C=O) groups excluding carboxylic acids is 1. The van der Waals surface area contributed by atoms with Crippen molar-refractivity contribution in [2.45, 2.75) is 111 Å². The molecule has 4 heterocycles. The third-order valence-electron chi connectivity index (χ3n) is 9.59. The van der Waals surface area contributed by atoms with Crippen molar-refractivity contribution in [3.8, 4) is 17.3 Å². The van der Waals surface area contributed by atoms with Crippen molar-refractivity contribution in [1.82, 2.24) is 35.5 Å². The number of nitrogens with zero attached hydrogens (tertiary/aromatic N) is 7. The molecule has 3 aromatic rings. The molecule has 1 saturated heterocycles. The maximum absolute atomic E-state index is 12.6. The summed E-state index contributed by atoms with van der Waals surface area (Å²) in [5, 5.41) is 33.1. The Kier molecular flexibility index (Phi) is 13.4. The summed E-state index contributed by atoms with van der Waals surface area (Å²) in [6.07, 6.45) is 6.47. The number of carbonyl (C=O) groups is 1. The highest BCUT2D eigenvalue weighted by Gasteiger charge is 2.33. The summed E-state index contributed by atoms with van der Waals surface area (Å²) in [5.41, 5.74) is 0.450. The summed E-state index contributed by atoms with van der Waals surface area (Å²) >= 11 is 6.61. The molecule has 0 unspecified atom stereocenters. The standard InChI is InChI=1S/C37H53ClN10O4/c1-24(2)34(52-35(49)36(4,5)6)48-33(45-46-47-48)21-51-20-25(3)42-26-10-12-27(13-11-26)43-32-18-28(29(38)19-40-32)30-8-7-9-31(44-30)41-23-37(22-39)14-16-50-17-15-37/h7-9,18-19,24-27,34,42H,10-17,20-21,23H2,1-6H3,(H,40,43)(H,41,44)/t25-,26?,27?,34+/m1/s1. The van der Waals surface area contributed by atoms with Gasteiger partial charge in [-0.15, -0.1) is 5.10 Å². The molecule has 0 bridgehead atoms. The summed E-state index contributed by atoms with van der Waals surface area (Å²) in [4.78, 5) is 22.0. The number of nitrogens with one attached hydrogen (secondary N) is 3. The minimum atomic E-state index is -0.635. The molecule has 52 heavy (non-hydrogen) atoms. The van der Waals surface area contributed by atoms with Gasteiger partial charge in [0, 0.05) is 55.6 Å². The molecule has 3 aromatic heterocycles. The number of anilines is 2. The summed E-state index contributed by atoms with van der Waals surface area (Å²) in [5.74, 6) is 1.64. The zero-order valence-electron chi connectivity index (χ0n) is 31.2. The molecule has 0 radical (unpaired) electrons. The molecule has 14 nitrogen and oxygen atoms in total. The van der Waals surface area contributed by atoms with Gasteiger partial charge in [-0.25, -0.2) is 9.97 Å². The van der Waals surface area contributed by atoms with Crippen LogP contribution in [0.25, 0.3) is 11.3 Å². The Labute approximate surface area is 311 Å². The number of pyridine rings is 2. The van der Waals surface area contributed by atoms with E-state index < -0.39 is 17.1 Å². The molecule has 15 heteroatoms. The maximum Gasteiger partial charge on any atom is 0.313 e.